The Morgan fingerprint density at radius 3 is 2.21 bits per heavy atom. The normalized spacial score (nSPS) is 14.7. The number of carbonyl (C=O) groups excluding carboxylic acids is 2. The summed E-state index contributed by atoms with van der Waals surface area (Å²) in [5.41, 5.74) is 1.60. The summed E-state index contributed by atoms with van der Waals surface area (Å²) in [6, 6.07) is 19.6. The van der Waals surface area contributed by atoms with Gasteiger partial charge in [0.05, 0.1) is 5.41 Å². The number of esters is 1. The van der Waals surface area contributed by atoms with Crippen LogP contribution in [0.25, 0.3) is 0 Å². The van der Waals surface area contributed by atoms with E-state index in [-0.39, 0.29) is 18.5 Å². The lowest BCUT2D eigenvalue weighted by Gasteiger charge is -2.14. The minimum Gasteiger partial charge on any atom is -0.455 e. The Morgan fingerprint density at radius 2 is 1.58 bits per heavy atom. The minimum absolute atomic E-state index is 0.220. The zero-order valence-electron chi connectivity index (χ0n) is 13.5. The first-order valence-electron chi connectivity index (χ1n) is 8.24. The summed E-state index contributed by atoms with van der Waals surface area (Å²) in [5.74, 6) is -0.560. The molecule has 2 aromatic carbocycles. The van der Waals surface area contributed by atoms with Crippen LogP contribution in [0, 0.1) is 0 Å². The van der Waals surface area contributed by atoms with Crippen LogP contribution in [0.5, 0.6) is 0 Å². The van der Waals surface area contributed by atoms with Crippen LogP contribution in [0.3, 0.4) is 0 Å². The molecule has 1 aliphatic rings. The second-order valence-electron chi connectivity index (χ2n) is 6.11. The summed E-state index contributed by atoms with van der Waals surface area (Å²) in [7, 11) is 0. The topological polar surface area (TPSA) is 55.4 Å². The van der Waals surface area contributed by atoms with Crippen LogP contribution in [-0.4, -0.2) is 25.0 Å². The number of nitrogens with one attached hydrogen (secondary N) is 1. The van der Waals surface area contributed by atoms with Gasteiger partial charge < -0.3 is 10.1 Å². The molecule has 0 heterocycles. The molecule has 0 saturated heterocycles. The third-order valence-corrected chi connectivity index (χ3v) is 4.38. The van der Waals surface area contributed by atoms with Gasteiger partial charge in [-0.15, -0.1) is 0 Å². The second kappa shape index (κ2) is 7.30. The van der Waals surface area contributed by atoms with Crippen molar-refractivity contribution in [2.24, 2.45) is 0 Å². The third-order valence-electron chi connectivity index (χ3n) is 4.38. The highest BCUT2D eigenvalue weighted by atomic mass is 16.5. The molecule has 1 saturated carbocycles. The van der Waals surface area contributed by atoms with Gasteiger partial charge in [-0.25, -0.2) is 0 Å². The van der Waals surface area contributed by atoms with Crippen molar-refractivity contribution in [2.45, 2.75) is 24.7 Å². The molecule has 0 bridgehead atoms. The third kappa shape index (κ3) is 3.82. The molecule has 0 aliphatic heterocycles. The Morgan fingerprint density at radius 1 is 0.958 bits per heavy atom. The summed E-state index contributed by atoms with van der Waals surface area (Å²) >= 11 is 0. The van der Waals surface area contributed by atoms with Gasteiger partial charge >= 0.3 is 5.97 Å². The van der Waals surface area contributed by atoms with Crippen molar-refractivity contribution >= 4 is 11.9 Å². The first kappa shape index (κ1) is 16.2. The average Bonchev–Trinajstić information content (AvgIpc) is 3.43. The SMILES string of the molecule is O=C(COC(=O)C1(c2ccccc2)CC1)NCCc1ccccc1. The Bertz CT molecular complexity index is 693. The van der Waals surface area contributed by atoms with Crippen molar-refractivity contribution in [3.05, 3.63) is 71.8 Å². The molecule has 2 aromatic rings. The molecule has 1 N–H and O–H groups in total. The number of hydrogen-bond acceptors (Lipinski definition) is 3. The van der Waals surface area contributed by atoms with E-state index in [1.165, 1.54) is 0 Å². The van der Waals surface area contributed by atoms with Gasteiger partial charge in [0.25, 0.3) is 5.91 Å². The quantitative estimate of drug-likeness (QED) is 0.797. The standard InChI is InChI=1S/C20H21NO3/c22-18(21-14-11-16-7-3-1-4-8-16)15-24-19(23)20(12-13-20)17-9-5-2-6-10-17/h1-10H,11-15H2,(H,21,22). The maximum atomic E-state index is 12.3. The van der Waals surface area contributed by atoms with Crippen LogP contribution in [-0.2, 0) is 26.2 Å². The van der Waals surface area contributed by atoms with E-state index >= 15 is 0 Å². The Kier molecular flexibility index (Phi) is 4.94. The lowest BCUT2D eigenvalue weighted by atomic mass is 9.96. The number of benzene rings is 2. The number of hydrogen-bond donors (Lipinski definition) is 1. The highest BCUT2D eigenvalue weighted by Gasteiger charge is 2.52. The molecule has 4 heteroatoms. The fraction of sp³-hybridized carbons (Fsp3) is 0.300. The number of carbonyl (C=O) groups is 2. The van der Waals surface area contributed by atoms with Gasteiger partial charge in [-0.1, -0.05) is 60.7 Å². The second-order valence-corrected chi connectivity index (χ2v) is 6.11. The summed E-state index contributed by atoms with van der Waals surface area (Å²) in [6.07, 6.45) is 2.32. The van der Waals surface area contributed by atoms with E-state index in [0.29, 0.717) is 6.54 Å². The molecule has 3 rings (SSSR count). The van der Waals surface area contributed by atoms with Crippen molar-refractivity contribution in [3.8, 4) is 0 Å². The van der Waals surface area contributed by atoms with Gasteiger partial charge in [-0.2, -0.15) is 0 Å². The van der Waals surface area contributed by atoms with Crippen molar-refractivity contribution in [3.63, 3.8) is 0 Å². The molecule has 1 fully saturated rings. The summed E-state index contributed by atoms with van der Waals surface area (Å²) < 4.78 is 5.24. The fourth-order valence-corrected chi connectivity index (χ4v) is 2.80. The van der Waals surface area contributed by atoms with Gasteiger partial charge in [-0.05, 0) is 30.4 Å². The van der Waals surface area contributed by atoms with Gasteiger partial charge in [-0.3, -0.25) is 9.59 Å². The zero-order valence-corrected chi connectivity index (χ0v) is 13.5. The maximum absolute atomic E-state index is 12.3. The van der Waals surface area contributed by atoms with E-state index in [9.17, 15) is 9.59 Å². The Labute approximate surface area is 141 Å². The van der Waals surface area contributed by atoms with Gasteiger partial charge in [0.15, 0.2) is 6.61 Å². The first-order valence-corrected chi connectivity index (χ1v) is 8.24. The molecule has 0 atom stereocenters. The molecule has 1 amide bonds. The predicted octanol–water partition coefficient (Wildman–Crippen LogP) is 2.62. The molecule has 24 heavy (non-hydrogen) atoms. The molecule has 0 radical (unpaired) electrons. The van der Waals surface area contributed by atoms with Crippen LogP contribution >= 0.6 is 0 Å². The minimum atomic E-state index is -0.536. The van der Waals surface area contributed by atoms with Crippen LogP contribution in [0.2, 0.25) is 0 Å². The Hall–Kier alpha value is -2.62. The van der Waals surface area contributed by atoms with Crippen molar-refractivity contribution in [2.75, 3.05) is 13.2 Å². The Balaban J connectivity index is 1.42. The van der Waals surface area contributed by atoms with E-state index < -0.39 is 5.41 Å². The van der Waals surface area contributed by atoms with Gasteiger partial charge in [0.1, 0.15) is 0 Å². The molecule has 0 aromatic heterocycles. The van der Waals surface area contributed by atoms with E-state index in [4.69, 9.17) is 4.74 Å². The molecule has 1 aliphatic carbocycles. The number of ether oxygens (including phenoxy) is 1. The molecule has 124 valence electrons. The van der Waals surface area contributed by atoms with E-state index in [2.05, 4.69) is 5.32 Å². The monoisotopic (exact) mass is 323 g/mol. The molecular weight excluding hydrogens is 302 g/mol. The molecular formula is C20H21NO3. The number of rotatable bonds is 7. The lowest BCUT2D eigenvalue weighted by molar-refractivity contribution is -0.151. The maximum Gasteiger partial charge on any atom is 0.317 e. The van der Waals surface area contributed by atoms with Crippen LogP contribution in [0.15, 0.2) is 60.7 Å². The summed E-state index contributed by atoms with van der Waals surface area (Å²) in [6.45, 7) is 0.312. The molecule has 0 unspecified atom stereocenters. The lowest BCUT2D eigenvalue weighted by Crippen LogP contribution is -2.33. The predicted molar refractivity (Wildman–Crippen MR) is 91.5 cm³/mol. The van der Waals surface area contributed by atoms with Crippen LogP contribution in [0.1, 0.15) is 24.0 Å². The molecule has 4 nitrogen and oxygen atoms in total. The summed E-state index contributed by atoms with van der Waals surface area (Å²) in [4.78, 5) is 24.2. The average molecular weight is 323 g/mol. The van der Waals surface area contributed by atoms with Crippen LogP contribution < -0.4 is 5.32 Å². The van der Waals surface area contributed by atoms with E-state index in [1.54, 1.807) is 0 Å². The smallest absolute Gasteiger partial charge is 0.317 e. The van der Waals surface area contributed by atoms with Crippen molar-refractivity contribution in [1.29, 1.82) is 0 Å². The van der Waals surface area contributed by atoms with Crippen LogP contribution in [0.4, 0.5) is 0 Å². The highest BCUT2D eigenvalue weighted by molar-refractivity contribution is 5.88. The zero-order chi connectivity index (χ0) is 16.8. The highest BCUT2D eigenvalue weighted by Crippen LogP contribution is 2.49. The largest absolute Gasteiger partial charge is 0.455 e. The van der Waals surface area contributed by atoms with Crippen molar-refractivity contribution < 1.29 is 14.3 Å². The van der Waals surface area contributed by atoms with E-state index in [0.717, 1.165) is 30.4 Å². The van der Waals surface area contributed by atoms with Crippen molar-refractivity contribution in [1.82, 2.24) is 5.32 Å². The van der Waals surface area contributed by atoms with Gasteiger partial charge in [0.2, 0.25) is 0 Å². The van der Waals surface area contributed by atoms with Gasteiger partial charge in [0, 0.05) is 6.54 Å². The number of amides is 1. The molecule has 0 spiro atoms. The fourth-order valence-electron chi connectivity index (χ4n) is 2.80. The van der Waals surface area contributed by atoms with E-state index in [1.807, 2.05) is 60.7 Å². The first-order chi connectivity index (χ1) is 11.7. The summed E-state index contributed by atoms with van der Waals surface area (Å²) in [5, 5.41) is 2.78.